The molecule has 0 fully saturated rings. The molecule has 0 aromatic carbocycles. The van der Waals surface area contributed by atoms with E-state index in [9.17, 15) is 4.79 Å². The molecule has 16 heavy (non-hydrogen) atoms. The average Bonchev–Trinajstić information content (AvgIpc) is 2.25. The van der Waals surface area contributed by atoms with Crippen LogP contribution in [-0.4, -0.2) is 16.8 Å². The Labute approximate surface area is 111 Å². The van der Waals surface area contributed by atoms with Crippen molar-refractivity contribution in [1.82, 2.24) is 5.32 Å². The van der Waals surface area contributed by atoms with E-state index in [4.69, 9.17) is 5.21 Å². The molecule has 0 spiro atoms. The van der Waals surface area contributed by atoms with Crippen molar-refractivity contribution in [3.8, 4) is 0 Å². The quantitative estimate of drug-likeness (QED) is 0.203. The summed E-state index contributed by atoms with van der Waals surface area (Å²) in [7, 11) is 1.91. The number of aryl methyl sites for hydroxylation is 1. The Hall–Kier alpha value is -1.18. The first-order valence-corrected chi connectivity index (χ1v) is 4.54. The normalized spacial score (nSPS) is 10.5. The van der Waals surface area contributed by atoms with Crippen molar-refractivity contribution < 1.29 is 38.5 Å². The SMILES string of the molecule is C/C(=N\O)C(=O)NCc1ccc[n+](C)c1.[I-]. The Morgan fingerprint density at radius 1 is 1.62 bits per heavy atom. The van der Waals surface area contributed by atoms with E-state index in [0.717, 1.165) is 5.56 Å². The van der Waals surface area contributed by atoms with Gasteiger partial charge in [0.15, 0.2) is 12.4 Å². The third kappa shape index (κ3) is 4.56. The fraction of sp³-hybridized carbons (Fsp3) is 0.300. The third-order valence-electron chi connectivity index (χ3n) is 1.93. The second-order valence-corrected chi connectivity index (χ2v) is 3.25. The lowest BCUT2D eigenvalue weighted by atomic mass is 10.3. The van der Waals surface area contributed by atoms with Gasteiger partial charge in [0.1, 0.15) is 12.8 Å². The van der Waals surface area contributed by atoms with Crippen molar-refractivity contribution in [2.75, 3.05) is 0 Å². The number of rotatable bonds is 3. The summed E-state index contributed by atoms with van der Waals surface area (Å²) in [5, 5.41) is 13.8. The van der Waals surface area contributed by atoms with Crippen LogP contribution < -0.4 is 33.9 Å². The topological polar surface area (TPSA) is 65.6 Å². The average molecular weight is 335 g/mol. The molecule has 1 aromatic heterocycles. The number of hydrogen-bond acceptors (Lipinski definition) is 3. The largest absolute Gasteiger partial charge is 1.00 e. The molecule has 1 aromatic rings. The van der Waals surface area contributed by atoms with Crippen molar-refractivity contribution in [3.05, 3.63) is 30.1 Å². The molecule has 88 valence electrons. The van der Waals surface area contributed by atoms with Crippen LogP contribution in [0.1, 0.15) is 12.5 Å². The first-order chi connectivity index (χ1) is 7.13. The molecule has 2 N–H and O–H groups in total. The zero-order valence-corrected chi connectivity index (χ0v) is 11.3. The van der Waals surface area contributed by atoms with Crippen molar-refractivity contribution in [2.24, 2.45) is 12.2 Å². The highest BCUT2D eigenvalue weighted by atomic mass is 127. The summed E-state index contributed by atoms with van der Waals surface area (Å²) in [5.41, 5.74) is 1.04. The van der Waals surface area contributed by atoms with Gasteiger partial charge in [-0.25, -0.2) is 4.57 Å². The Morgan fingerprint density at radius 3 is 2.88 bits per heavy atom. The summed E-state index contributed by atoms with van der Waals surface area (Å²) in [6, 6.07) is 3.81. The molecule has 0 bridgehead atoms. The first-order valence-electron chi connectivity index (χ1n) is 4.54. The minimum atomic E-state index is -0.371. The highest BCUT2D eigenvalue weighted by molar-refractivity contribution is 6.37. The number of nitrogens with zero attached hydrogens (tertiary/aromatic N) is 2. The van der Waals surface area contributed by atoms with Gasteiger partial charge >= 0.3 is 0 Å². The Bertz CT molecular complexity index is 393. The van der Waals surface area contributed by atoms with Gasteiger partial charge < -0.3 is 34.5 Å². The van der Waals surface area contributed by atoms with E-state index in [1.165, 1.54) is 6.92 Å². The second kappa shape index (κ2) is 7.15. The van der Waals surface area contributed by atoms with Crippen LogP contribution in [0.5, 0.6) is 0 Å². The maximum absolute atomic E-state index is 11.2. The van der Waals surface area contributed by atoms with E-state index < -0.39 is 0 Å². The number of carbonyl (C=O) groups is 1. The fourth-order valence-electron chi connectivity index (χ4n) is 1.11. The van der Waals surface area contributed by atoms with Crippen molar-refractivity contribution in [2.45, 2.75) is 13.5 Å². The fourth-order valence-corrected chi connectivity index (χ4v) is 1.11. The van der Waals surface area contributed by atoms with Gasteiger partial charge in [0.05, 0.1) is 0 Å². The summed E-state index contributed by atoms with van der Waals surface area (Å²) < 4.78 is 1.90. The number of nitrogens with one attached hydrogen (secondary N) is 1. The molecule has 0 aliphatic heterocycles. The maximum Gasteiger partial charge on any atom is 0.269 e. The third-order valence-corrected chi connectivity index (χ3v) is 1.93. The first kappa shape index (κ1) is 14.8. The molecular formula is C10H14IN3O2. The molecule has 0 saturated heterocycles. The number of amides is 1. The minimum absolute atomic E-state index is 0. The summed E-state index contributed by atoms with van der Waals surface area (Å²) in [4.78, 5) is 11.2. The number of pyridine rings is 1. The highest BCUT2D eigenvalue weighted by Gasteiger charge is 2.06. The maximum atomic E-state index is 11.2. The number of halogens is 1. The van der Waals surface area contributed by atoms with E-state index >= 15 is 0 Å². The van der Waals surface area contributed by atoms with E-state index in [1.54, 1.807) is 0 Å². The van der Waals surface area contributed by atoms with Gasteiger partial charge in [0, 0.05) is 18.2 Å². The van der Waals surface area contributed by atoms with Crippen molar-refractivity contribution in [3.63, 3.8) is 0 Å². The van der Waals surface area contributed by atoms with Crippen LogP contribution in [0.3, 0.4) is 0 Å². The lowest BCUT2D eigenvalue weighted by molar-refractivity contribution is -0.671. The van der Waals surface area contributed by atoms with Gasteiger partial charge in [-0.1, -0.05) is 5.16 Å². The monoisotopic (exact) mass is 335 g/mol. The summed E-state index contributed by atoms with van der Waals surface area (Å²) in [5.74, 6) is -0.371. The van der Waals surface area contributed by atoms with Crippen molar-refractivity contribution in [1.29, 1.82) is 0 Å². The van der Waals surface area contributed by atoms with Gasteiger partial charge in [-0.2, -0.15) is 0 Å². The number of carbonyl (C=O) groups excluding carboxylic acids is 1. The van der Waals surface area contributed by atoms with Gasteiger partial charge in [0.25, 0.3) is 5.91 Å². The zero-order valence-electron chi connectivity index (χ0n) is 9.14. The predicted octanol–water partition coefficient (Wildman–Crippen LogP) is -3.02. The van der Waals surface area contributed by atoms with Gasteiger partial charge in [0.2, 0.25) is 0 Å². The van der Waals surface area contributed by atoms with E-state index in [0.29, 0.717) is 6.54 Å². The molecule has 1 heterocycles. The predicted molar refractivity (Wildman–Crippen MR) is 54.4 cm³/mol. The second-order valence-electron chi connectivity index (χ2n) is 3.25. The smallest absolute Gasteiger partial charge is 0.269 e. The number of aromatic nitrogens is 1. The molecule has 1 amide bonds. The van der Waals surface area contributed by atoms with E-state index in [2.05, 4.69) is 10.5 Å². The molecule has 0 atom stereocenters. The van der Waals surface area contributed by atoms with Crippen LogP contribution in [-0.2, 0) is 18.4 Å². The van der Waals surface area contributed by atoms with Crippen LogP contribution >= 0.6 is 0 Å². The standard InChI is InChI=1S/C10H13N3O2.HI/c1-8(12-15)10(14)11-6-9-4-3-5-13(2)7-9;/h3-5,7H,6H2,1-2H3,(H-,11,14,15);1H. The summed E-state index contributed by atoms with van der Waals surface area (Å²) in [6.45, 7) is 1.86. The van der Waals surface area contributed by atoms with Crippen LogP contribution in [0.2, 0.25) is 0 Å². The van der Waals surface area contributed by atoms with Gasteiger partial charge in [-0.05, 0) is 13.0 Å². The molecule has 6 heteroatoms. The van der Waals surface area contributed by atoms with Crippen LogP contribution in [0, 0.1) is 0 Å². The zero-order chi connectivity index (χ0) is 11.3. The molecule has 0 saturated carbocycles. The Balaban J connectivity index is 0.00000225. The van der Waals surface area contributed by atoms with Crippen LogP contribution in [0.25, 0.3) is 0 Å². The number of hydrogen-bond donors (Lipinski definition) is 2. The molecule has 1 rings (SSSR count). The highest BCUT2D eigenvalue weighted by Crippen LogP contribution is 1.92. The molecule has 5 nitrogen and oxygen atoms in total. The Kier molecular flexibility index (Phi) is 6.63. The Morgan fingerprint density at radius 2 is 2.31 bits per heavy atom. The molecule has 0 aliphatic carbocycles. The molecule has 0 unspecified atom stereocenters. The molecule has 0 radical (unpaired) electrons. The minimum Gasteiger partial charge on any atom is -1.00 e. The lowest BCUT2D eigenvalue weighted by Crippen LogP contribution is -3.00. The lowest BCUT2D eigenvalue weighted by Gasteiger charge is -2.02. The van der Waals surface area contributed by atoms with Crippen LogP contribution in [0.4, 0.5) is 0 Å². The molecule has 0 aliphatic rings. The van der Waals surface area contributed by atoms with E-state index in [1.807, 2.05) is 36.1 Å². The van der Waals surface area contributed by atoms with Crippen molar-refractivity contribution >= 4 is 11.6 Å². The summed E-state index contributed by atoms with van der Waals surface area (Å²) >= 11 is 0. The molecular weight excluding hydrogens is 321 g/mol. The van der Waals surface area contributed by atoms with Gasteiger partial charge in [-0.3, -0.25) is 4.79 Å². The van der Waals surface area contributed by atoms with Crippen LogP contribution in [0.15, 0.2) is 29.7 Å². The summed E-state index contributed by atoms with van der Waals surface area (Å²) in [6.07, 6.45) is 3.82. The number of oxime groups is 1. The van der Waals surface area contributed by atoms with Gasteiger partial charge in [-0.15, -0.1) is 0 Å². The van der Waals surface area contributed by atoms with E-state index in [-0.39, 0.29) is 35.6 Å².